The first-order valence-electron chi connectivity index (χ1n) is 9.69. The number of rotatable bonds is 6. The van der Waals surface area contributed by atoms with Crippen molar-refractivity contribution < 1.29 is 13.9 Å². The molecule has 1 aromatic heterocycles. The minimum atomic E-state index is -0.490. The van der Waals surface area contributed by atoms with Crippen LogP contribution >= 0.6 is 11.6 Å². The predicted molar refractivity (Wildman–Crippen MR) is 119 cm³/mol. The lowest BCUT2D eigenvalue weighted by Crippen LogP contribution is -2.16. The quantitative estimate of drug-likeness (QED) is 0.428. The fourth-order valence-corrected chi connectivity index (χ4v) is 3.58. The molecule has 7 heteroatoms. The number of carbonyl (C=O) groups is 1. The van der Waals surface area contributed by atoms with Crippen LogP contribution in [0.3, 0.4) is 0 Å². The van der Waals surface area contributed by atoms with Crippen LogP contribution in [0.1, 0.15) is 11.1 Å². The summed E-state index contributed by atoms with van der Waals surface area (Å²) in [5.74, 6) is 0.255. The predicted octanol–water partition coefficient (Wildman–Crippen LogP) is 5.03. The van der Waals surface area contributed by atoms with E-state index in [0.717, 1.165) is 22.3 Å². The van der Waals surface area contributed by atoms with Crippen molar-refractivity contribution in [2.24, 2.45) is 5.73 Å². The Bertz CT molecular complexity index is 1220. The van der Waals surface area contributed by atoms with Gasteiger partial charge in [0.2, 0.25) is 11.8 Å². The smallest absolute Gasteiger partial charge is 0.320 e. The van der Waals surface area contributed by atoms with E-state index in [1.54, 1.807) is 18.2 Å². The Kier molecular flexibility index (Phi) is 6.11. The molecule has 0 aliphatic heterocycles. The number of carbonyl (C=O) groups excluding carboxylic acids is 1. The fourth-order valence-electron chi connectivity index (χ4n) is 3.33. The van der Waals surface area contributed by atoms with Crippen molar-refractivity contribution in [3.63, 3.8) is 0 Å². The highest BCUT2D eigenvalue weighted by Crippen LogP contribution is 2.33. The molecule has 0 unspecified atom stereocenters. The van der Waals surface area contributed by atoms with Crippen LogP contribution in [0, 0.1) is 6.92 Å². The van der Waals surface area contributed by atoms with E-state index in [2.05, 4.69) is 28.4 Å². The fraction of sp³-hybridized carbons (Fsp3) is 0.125. The van der Waals surface area contributed by atoms with Crippen molar-refractivity contribution in [1.82, 2.24) is 10.2 Å². The highest BCUT2D eigenvalue weighted by molar-refractivity contribution is 6.30. The maximum Gasteiger partial charge on any atom is 0.320 e. The molecule has 0 saturated carbocycles. The highest BCUT2D eigenvalue weighted by atomic mass is 35.5. The normalized spacial score (nSPS) is 10.8. The van der Waals surface area contributed by atoms with E-state index >= 15 is 0 Å². The minimum Gasteiger partial charge on any atom is -0.460 e. The van der Waals surface area contributed by atoms with Gasteiger partial charge in [0, 0.05) is 16.1 Å². The van der Waals surface area contributed by atoms with Gasteiger partial charge in [-0.15, -0.1) is 10.2 Å². The summed E-state index contributed by atoms with van der Waals surface area (Å²) in [6.07, 6.45) is 0. The molecule has 0 bridgehead atoms. The van der Waals surface area contributed by atoms with E-state index < -0.39 is 5.97 Å². The van der Waals surface area contributed by atoms with Crippen LogP contribution in [0.5, 0.6) is 0 Å². The van der Waals surface area contributed by atoms with E-state index in [4.69, 9.17) is 26.5 Å². The summed E-state index contributed by atoms with van der Waals surface area (Å²) in [7, 11) is 0. The average Bonchev–Trinajstić information content (AvgIpc) is 3.28. The zero-order chi connectivity index (χ0) is 21.8. The largest absolute Gasteiger partial charge is 0.460 e. The van der Waals surface area contributed by atoms with Crippen LogP contribution < -0.4 is 5.73 Å². The zero-order valence-corrected chi connectivity index (χ0v) is 17.6. The Balaban J connectivity index is 1.65. The molecule has 4 rings (SSSR count). The summed E-state index contributed by atoms with van der Waals surface area (Å²) in [4.78, 5) is 11.3. The third-order valence-electron chi connectivity index (χ3n) is 4.85. The Labute approximate surface area is 184 Å². The summed E-state index contributed by atoms with van der Waals surface area (Å²) in [5.41, 5.74) is 10.7. The van der Waals surface area contributed by atoms with E-state index in [9.17, 15) is 4.79 Å². The molecule has 0 spiro atoms. The van der Waals surface area contributed by atoms with Crippen molar-refractivity contribution in [3.8, 4) is 34.0 Å². The molecule has 3 aromatic carbocycles. The maximum atomic E-state index is 11.3. The van der Waals surface area contributed by atoms with Crippen molar-refractivity contribution >= 4 is 17.6 Å². The Morgan fingerprint density at radius 1 is 0.968 bits per heavy atom. The van der Waals surface area contributed by atoms with Gasteiger partial charge in [0.05, 0.1) is 6.54 Å². The lowest BCUT2D eigenvalue weighted by atomic mass is 9.96. The maximum absolute atomic E-state index is 11.3. The summed E-state index contributed by atoms with van der Waals surface area (Å²) in [6, 6.07) is 21.3. The lowest BCUT2D eigenvalue weighted by molar-refractivity contribution is -0.143. The van der Waals surface area contributed by atoms with Gasteiger partial charge >= 0.3 is 5.97 Å². The molecule has 2 N–H and O–H groups in total. The third-order valence-corrected chi connectivity index (χ3v) is 5.06. The monoisotopic (exact) mass is 433 g/mol. The van der Waals surface area contributed by atoms with Gasteiger partial charge in [0.25, 0.3) is 0 Å². The van der Waals surface area contributed by atoms with E-state index in [-0.39, 0.29) is 13.2 Å². The Hall–Kier alpha value is -3.48. The first-order chi connectivity index (χ1) is 15.0. The van der Waals surface area contributed by atoms with E-state index in [1.165, 1.54) is 0 Å². The highest BCUT2D eigenvalue weighted by Gasteiger charge is 2.16. The van der Waals surface area contributed by atoms with Gasteiger partial charge in [-0.3, -0.25) is 4.79 Å². The second kappa shape index (κ2) is 9.12. The number of benzene rings is 3. The summed E-state index contributed by atoms with van der Waals surface area (Å²) >= 11 is 6.23. The molecule has 4 aromatic rings. The number of ether oxygens (including phenoxy) is 1. The molecular weight excluding hydrogens is 414 g/mol. The molecule has 31 heavy (non-hydrogen) atoms. The molecule has 156 valence electrons. The van der Waals surface area contributed by atoms with Gasteiger partial charge in [0.1, 0.15) is 6.61 Å². The topological polar surface area (TPSA) is 91.2 Å². The first-order valence-corrected chi connectivity index (χ1v) is 10.1. The summed E-state index contributed by atoms with van der Waals surface area (Å²) in [5, 5.41) is 8.91. The van der Waals surface area contributed by atoms with Gasteiger partial charge in [-0.05, 0) is 53.4 Å². The molecule has 0 aliphatic carbocycles. The molecule has 0 amide bonds. The van der Waals surface area contributed by atoms with Crippen LogP contribution in [0.2, 0.25) is 5.02 Å². The van der Waals surface area contributed by atoms with Crippen LogP contribution in [-0.4, -0.2) is 22.7 Å². The number of hydrogen-bond acceptors (Lipinski definition) is 6. The molecule has 0 radical (unpaired) electrons. The molecule has 1 heterocycles. The van der Waals surface area contributed by atoms with Crippen LogP contribution in [0.15, 0.2) is 71.1 Å². The zero-order valence-electron chi connectivity index (χ0n) is 16.8. The Morgan fingerprint density at radius 2 is 1.71 bits per heavy atom. The van der Waals surface area contributed by atoms with E-state index in [0.29, 0.717) is 27.9 Å². The number of nitrogens with zero attached hydrogens (tertiary/aromatic N) is 2. The first kappa shape index (κ1) is 20.8. The van der Waals surface area contributed by atoms with Gasteiger partial charge in [-0.25, -0.2) is 0 Å². The number of hydrogen-bond donors (Lipinski definition) is 1. The van der Waals surface area contributed by atoms with Crippen LogP contribution in [0.25, 0.3) is 34.0 Å². The SMILES string of the molecule is Cc1c(-c2ccccc2)cccc1-c1nnc(-c2cc(Cl)cc(COC(=O)CN)c2)o1. The molecule has 0 aliphatic rings. The molecular formula is C24H20ClN3O3. The van der Waals surface area contributed by atoms with Crippen molar-refractivity contribution in [2.45, 2.75) is 13.5 Å². The molecule has 0 fully saturated rings. The number of nitrogens with two attached hydrogens (primary N) is 1. The summed E-state index contributed by atoms with van der Waals surface area (Å²) < 4.78 is 11.1. The Morgan fingerprint density at radius 3 is 2.48 bits per heavy atom. The molecule has 6 nitrogen and oxygen atoms in total. The average molecular weight is 434 g/mol. The number of halogens is 1. The van der Waals surface area contributed by atoms with Crippen molar-refractivity contribution in [3.05, 3.63) is 82.9 Å². The molecule has 0 atom stereocenters. The van der Waals surface area contributed by atoms with Gasteiger partial charge in [0.15, 0.2) is 0 Å². The molecule has 0 saturated heterocycles. The second-order valence-corrected chi connectivity index (χ2v) is 7.41. The second-order valence-electron chi connectivity index (χ2n) is 6.97. The minimum absolute atomic E-state index is 0.0583. The van der Waals surface area contributed by atoms with Crippen molar-refractivity contribution in [2.75, 3.05) is 6.54 Å². The van der Waals surface area contributed by atoms with Crippen LogP contribution in [0.4, 0.5) is 0 Å². The van der Waals surface area contributed by atoms with Gasteiger partial charge in [-0.2, -0.15) is 0 Å². The summed E-state index contributed by atoms with van der Waals surface area (Å²) in [6.45, 7) is 1.91. The van der Waals surface area contributed by atoms with Crippen molar-refractivity contribution in [1.29, 1.82) is 0 Å². The van der Waals surface area contributed by atoms with Crippen LogP contribution in [-0.2, 0) is 16.1 Å². The van der Waals surface area contributed by atoms with E-state index in [1.807, 2.05) is 37.3 Å². The van der Waals surface area contributed by atoms with Gasteiger partial charge < -0.3 is 14.9 Å². The number of aromatic nitrogens is 2. The third kappa shape index (κ3) is 4.66. The van der Waals surface area contributed by atoms with Gasteiger partial charge in [-0.1, -0.05) is 54.1 Å². The lowest BCUT2D eigenvalue weighted by Gasteiger charge is -2.09. The number of esters is 1. The standard InChI is InChI=1S/C24H20ClN3O3/c1-15-20(17-6-3-2-4-7-17)8-5-9-21(15)24-28-27-23(31-24)18-10-16(11-19(25)12-18)14-30-22(29)13-26/h2-12H,13-14,26H2,1H3.